The molecule has 1 heterocycles. The minimum atomic E-state index is -3.04. The summed E-state index contributed by atoms with van der Waals surface area (Å²) in [5.41, 5.74) is 0. The van der Waals surface area contributed by atoms with Gasteiger partial charge in [0.1, 0.15) is 21.9 Å². The quantitative estimate of drug-likeness (QED) is 0.733. The Hall–Kier alpha value is -1.11. The third-order valence-corrected chi connectivity index (χ3v) is 5.09. The van der Waals surface area contributed by atoms with Crippen LogP contribution in [-0.4, -0.2) is 55.8 Å². The minimum absolute atomic E-state index is 0.0498. The van der Waals surface area contributed by atoms with Crippen LogP contribution in [0.3, 0.4) is 0 Å². The Morgan fingerprint density at radius 1 is 1.29 bits per heavy atom. The first-order chi connectivity index (χ1) is 9.83. The molecule has 2 aliphatic rings. The highest BCUT2D eigenvalue weighted by Gasteiger charge is 2.47. The van der Waals surface area contributed by atoms with E-state index >= 15 is 0 Å². The van der Waals surface area contributed by atoms with Gasteiger partial charge in [-0.05, 0) is 31.6 Å². The fourth-order valence-electron chi connectivity index (χ4n) is 2.91. The second-order valence-corrected chi connectivity index (χ2v) is 8.41. The molecule has 0 aromatic carbocycles. The summed E-state index contributed by atoms with van der Waals surface area (Å²) in [7, 11) is -3.04. The van der Waals surface area contributed by atoms with Gasteiger partial charge in [-0.1, -0.05) is 13.3 Å². The zero-order valence-corrected chi connectivity index (χ0v) is 13.5. The lowest BCUT2D eigenvalue weighted by molar-refractivity contribution is -0.150. The van der Waals surface area contributed by atoms with E-state index in [0.717, 1.165) is 19.3 Å². The van der Waals surface area contributed by atoms with Crippen molar-refractivity contribution in [1.29, 1.82) is 0 Å². The molecular formula is C14H24N2O4S. The molecule has 2 fully saturated rings. The lowest BCUT2D eigenvalue weighted by Crippen LogP contribution is -2.64. The fraction of sp³-hybridized carbons (Fsp3) is 0.857. The summed E-state index contributed by atoms with van der Waals surface area (Å²) in [5, 5.41) is 2.83. The van der Waals surface area contributed by atoms with Crippen LogP contribution in [0.25, 0.3) is 0 Å². The Morgan fingerprint density at radius 2 is 1.95 bits per heavy atom. The summed E-state index contributed by atoms with van der Waals surface area (Å²) in [5.74, 6) is 0.167. The van der Waals surface area contributed by atoms with Crippen LogP contribution in [0.2, 0.25) is 0 Å². The van der Waals surface area contributed by atoms with Gasteiger partial charge in [0.2, 0.25) is 11.8 Å². The van der Waals surface area contributed by atoms with Crippen molar-refractivity contribution < 1.29 is 18.0 Å². The molecule has 0 bridgehead atoms. The minimum Gasteiger partial charge on any atom is -0.342 e. The molecule has 7 heteroatoms. The van der Waals surface area contributed by atoms with Crippen molar-refractivity contribution in [2.24, 2.45) is 5.92 Å². The molecule has 2 amide bonds. The number of carbonyl (C=O) groups excluding carboxylic acids is 2. The lowest BCUT2D eigenvalue weighted by atomic mass is 10.0. The molecule has 0 spiro atoms. The lowest BCUT2D eigenvalue weighted by Gasteiger charge is -2.39. The van der Waals surface area contributed by atoms with Crippen LogP contribution in [0, 0.1) is 5.92 Å². The van der Waals surface area contributed by atoms with Gasteiger partial charge in [0.05, 0.1) is 5.75 Å². The summed E-state index contributed by atoms with van der Waals surface area (Å²) in [6, 6.07) is -0.846. The number of amides is 2. The topological polar surface area (TPSA) is 83.6 Å². The molecule has 21 heavy (non-hydrogen) atoms. The van der Waals surface area contributed by atoms with Crippen LogP contribution in [0.5, 0.6) is 0 Å². The Balaban J connectivity index is 2.06. The van der Waals surface area contributed by atoms with Crippen molar-refractivity contribution in [1.82, 2.24) is 10.2 Å². The number of sulfone groups is 1. The number of piperazine rings is 1. The summed E-state index contributed by atoms with van der Waals surface area (Å²) in [6.07, 6.45) is 4.96. The Labute approximate surface area is 126 Å². The van der Waals surface area contributed by atoms with Gasteiger partial charge in [-0.15, -0.1) is 0 Å². The average Bonchev–Trinajstić information content (AvgIpc) is 3.18. The van der Waals surface area contributed by atoms with Crippen LogP contribution in [0.4, 0.5) is 0 Å². The van der Waals surface area contributed by atoms with Gasteiger partial charge in [-0.2, -0.15) is 0 Å². The monoisotopic (exact) mass is 316 g/mol. The highest BCUT2D eigenvalue weighted by atomic mass is 32.2. The Morgan fingerprint density at radius 3 is 2.48 bits per heavy atom. The largest absolute Gasteiger partial charge is 0.342 e. The molecule has 6 nitrogen and oxygen atoms in total. The fourth-order valence-corrected chi connectivity index (χ4v) is 3.56. The van der Waals surface area contributed by atoms with Gasteiger partial charge < -0.3 is 10.2 Å². The molecule has 120 valence electrons. The zero-order valence-electron chi connectivity index (χ0n) is 12.7. The first-order valence-electron chi connectivity index (χ1n) is 7.62. The molecule has 2 atom stereocenters. The summed E-state index contributed by atoms with van der Waals surface area (Å²) in [4.78, 5) is 26.4. The standard InChI is InChI=1S/C14H24N2O4S/c1-3-5-11-14(18)16(8-4-9-21(2,19)20)12(10-6-7-10)13(17)15-11/h10-12H,3-9H2,1-2H3,(H,15,17). The molecule has 1 aliphatic carbocycles. The second kappa shape index (κ2) is 6.34. The summed E-state index contributed by atoms with van der Waals surface area (Å²) in [6.45, 7) is 2.32. The van der Waals surface area contributed by atoms with Gasteiger partial charge in [0, 0.05) is 12.8 Å². The highest BCUT2D eigenvalue weighted by molar-refractivity contribution is 7.90. The van der Waals surface area contributed by atoms with Crippen LogP contribution in [-0.2, 0) is 19.4 Å². The van der Waals surface area contributed by atoms with Crippen molar-refractivity contribution in [3.8, 4) is 0 Å². The number of carbonyl (C=O) groups is 2. The van der Waals surface area contributed by atoms with Gasteiger partial charge >= 0.3 is 0 Å². The maximum absolute atomic E-state index is 12.5. The molecule has 2 unspecified atom stereocenters. The number of nitrogens with one attached hydrogen (secondary N) is 1. The molecule has 1 N–H and O–H groups in total. The van der Waals surface area contributed by atoms with Crippen LogP contribution in [0.1, 0.15) is 39.0 Å². The van der Waals surface area contributed by atoms with E-state index in [-0.39, 0.29) is 23.5 Å². The van der Waals surface area contributed by atoms with Gasteiger partial charge in [-0.3, -0.25) is 9.59 Å². The predicted octanol–water partition coefficient (Wildman–Crippen LogP) is 0.327. The van der Waals surface area contributed by atoms with Crippen LogP contribution in [0.15, 0.2) is 0 Å². The number of hydrogen-bond donors (Lipinski definition) is 1. The zero-order chi connectivity index (χ0) is 15.6. The van der Waals surface area contributed by atoms with E-state index in [9.17, 15) is 18.0 Å². The summed E-state index contributed by atoms with van der Waals surface area (Å²) >= 11 is 0. The normalized spacial score (nSPS) is 26.9. The molecule has 0 aromatic heterocycles. The van der Waals surface area contributed by atoms with E-state index in [2.05, 4.69) is 5.32 Å². The van der Waals surface area contributed by atoms with E-state index in [4.69, 9.17) is 0 Å². The van der Waals surface area contributed by atoms with Crippen molar-refractivity contribution >= 4 is 21.7 Å². The van der Waals surface area contributed by atoms with E-state index in [1.54, 1.807) is 4.90 Å². The number of rotatable bonds is 7. The second-order valence-electron chi connectivity index (χ2n) is 6.15. The molecule has 0 radical (unpaired) electrons. The molecule has 1 saturated carbocycles. The number of nitrogens with zero attached hydrogens (tertiary/aromatic N) is 1. The summed E-state index contributed by atoms with van der Waals surface area (Å²) < 4.78 is 22.5. The smallest absolute Gasteiger partial charge is 0.245 e. The van der Waals surface area contributed by atoms with Crippen molar-refractivity contribution in [2.75, 3.05) is 18.6 Å². The van der Waals surface area contributed by atoms with E-state index in [1.165, 1.54) is 6.26 Å². The maximum Gasteiger partial charge on any atom is 0.245 e. The number of hydrogen-bond acceptors (Lipinski definition) is 4. The predicted molar refractivity (Wildman–Crippen MR) is 79.4 cm³/mol. The van der Waals surface area contributed by atoms with E-state index in [1.807, 2.05) is 6.92 Å². The van der Waals surface area contributed by atoms with Crippen molar-refractivity contribution in [3.05, 3.63) is 0 Å². The highest BCUT2D eigenvalue weighted by Crippen LogP contribution is 2.37. The maximum atomic E-state index is 12.5. The molecule has 2 rings (SSSR count). The SMILES string of the molecule is CCCC1NC(=O)C(C2CC2)N(CCCS(C)(=O)=O)C1=O. The third-order valence-electron chi connectivity index (χ3n) is 4.06. The third kappa shape index (κ3) is 4.18. The first kappa shape index (κ1) is 16.3. The first-order valence-corrected chi connectivity index (χ1v) is 9.68. The molecular weight excluding hydrogens is 292 g/mol. The van der Waals surface area contributed by atoms with Crippen molar-refractivity contribution in [3.63, 3.8) is 0 Å². The van der Waals surface area contributed by atoms with Crippen LogP contribution < -0.4 is 5.32 Å². The molecule has 1 aliphatic heterocycles. The van der Waals surface area contributed by atoms with Gasteiger partial charge in [0.25, 0.3) is 0 Å². The van der Waals surface area contributed by atoms with Gasteiger partial charge in [0.15, 0.2) is 0 Å². The molecule has 1 saturated heterocycles. The van der Waals surface area contributed by atoms with E-state index < -0.39 is 21.9 Å². The Kier molecular flexibility index (Phi) is 4.91. The molecule has 0 aromatic rings. The average molecular weight is 316 g/mol. The Bertz CT molecular complexity index is 513. The van der Waals surface area contributed by atoms with E-state index in [0.29, 0.717) is 19.4 Å². The van der Waals surface area contributed by atoms with Crippen LogP contribution >= 0.6 is 0 Å². The van der Waals surface area contributed by atoms with Gasteiger partial charge in [-0.25, -0.2) is 8.42 Å². The van der Waals surface area contributed by atoms with Crippen molar-refractivity contribution in [2.45, 2.75) is 51.1 Å².